The summed E-state index contributed by atoms with van der Waals surface area (Å²) in [4.78, 5) is 7.14. The maximum absolute atomic E-state index is 9.92. The minimum Gasteiger partial charge on any atom is -0.392 e. The van der Waals surface area contributed by atoms with Crippen LogP contribution in [-0.2, 0) is 19.7 Å². The number of hydrogen-bond donors (Lipinski definition) is 3. The predicted octanol–water partition coefficient (Wildman–Crippen LogP) is 3.87. The maximum atomic E-state index is 9.92. The Labute approximate surface area is 185 Å². The molecule has 3 heterocycles. The summed E-state index contributed by atoms with van der Waals surface area (Å²) < 4.78 is 0. The van der Waals surface area contributed by atoms with Crippen LogP contribution < -0.4 is 11.1 Å². The number of hydrogen-bond acceptors (Lipinski definition) is 5. The Hall–Kier alpha value is -2.47. The monoisotopic (exact) mass is 418 g/mol. The van der Waals surface area contributed by atoms with Gasteiger partial charge in [0.1, 0.15) is 0 Å². The van der Waals surface area contributed by atoms with Gasteiger partial charge in [-0.05, 0) is 67.0 Å². The summed E-state index contributed by atoms with van der Waals surface area (Å²) in [6, 6.07) is 11.0. The Kier molecular flexibility index (Phi) is 6.86. The van der Waals surface area contributed by atoms with Gasteiger partial charge in [-0.25, -0.2) is 0 Å². The molecule has 2 atom stereocenters. The number of aliphatic hydroxyl groups is 1. The molecule has 0 aliphatic carbocycles. The first-order chi connectivity index (χ1) is 15.1. The minimum atomic E-state index is 0.0353. The molecule has 164 valence electrons. The van der Waals surface area contributed by atoms with E-state index in [4.69, 9.17) is 5.73 Å². The van der Waals surface area contributed by atoms with Crippen LogP contribution >= 0.6 is 0 Å². The fraction of sp³-hybridized carbons (Fsp3) is 0.423. The first-order valence-electron chi connectivity index (χ1n) is 11.3. The van der Waals surface area contributed by atoms with Crippen molar-refractivity contribution < 1.29 is 5.11 Å². The van der Waals surface area contributed by atoms with Crippen molar-refractivity contribution in [3.63, 3.8) is 0 Å². The van der Waals surface area contributed by atoms with E-state index in [-0.39, 0.29) is 12.6 Å². The zero-order valence-electron chi connectivity index (χ0n) is 18.6. The van der Waals surface area contributed by atoms with Crippen molar-refractivity contribution in [1.82, 2.24) is 15.2 Å². The maximum Gasteiger partial charge on any atom is 0.0685 e. The third-order valence-electron chi connectivity index (χ3n) is 6.57. The van der Waals surface area contributed by atoms with Crippen LogP contribution in [0.5, 0.6) is 0 Å². The molecule has 5 heteroatoms. The highest BCUT2D eigenvalue weighted by atomic mass is 16.3. The van der Waals surface area contributed by atoms with Crippen molar-refractivity contribution in [3.8, 4) is 0 Å². The Morgan fingerprint density at radius 1 is 1.16 bits per heavy atom. The van der Waals surface area contributed by atoms with Crippen molar-refractivity contribution in [3.05, 3.63) is 87.9 Å². The summed E-state index contributed by atoms with van der Waals surface area (Å²) in [6.45, 7) is 6.54. The molecule has 2 aliphatic heterocycles. The number of rotatable bonds is 6. The number of allylic oxidation sites excluding steroid dienone is 2. The number of aryl methyl sites for hydroxylation is 1. The van der Waals surface area contributed by atoms with E-state index in [0.717, 1.165) is 42.6 Å². The average Bonchev–Trinajstić information content (AvgIpc) is 2.80. The molecule has 2 aliphatic rings. The van der Waals surface area contributed by atoms with Crippen LogP contribution in [0.25, 0.3) is 0 Å². The minimum absolute atomic E-state index is 0.0353. The third kappa shape index (κ3) is 4.74. The number of nitrogens with one attached hydrogen (secondary N) is 1. The normalized spacial score (nSPS) is 21.6. The summed E-state index contributed by atoms with van der Waals surface area (Å²) in [7, 11) is 0. The molecule has 1 fully saturated rings. The van der Waals surface area contributed by atoms with Gasteiger partial charge in [-0.3, -0.25) is 4.98 Å². The van der Waals surface area contributed by atoms with Gasteiger partial charge in [0, 0.05) is 37.6 Å². The third-order valence-corrected chi connectivity index (χ3v) is 6.57. The van der Waals surface area contributed by atoms with E-state index in [1.54, 1.807) is 0 Å². The number of nitrogens with two attached hydrogens (primary N) is 1. The van der Waals surface area contributed by atoms with E-state index in [1.807, 2.05) is 18.3 Å². The van der Waals surface area contributed by atoms with Crippen molar-refractivity contribution in [1.29, 1.82) is 0 Å². The van der Waals surface area contributed by atoms with Gasteiger partial charge in [0.2, 0.25) is 0 Å². The van der Waals surface area contributed by atoms with Crippen molar-refractivity contribution in [2.45, 2.75) is 64.9 Å². The molecule has 1 saturated heterocycles. The topological polar surface area (TPSA) is 74.4 Å². The van der Waals surface area contributed by atoms with Crippen LogP contribution in [-0.4, -0.2) is 27.6 Å². The molecule has 2 aromatic rings. The van der Waals surface area contributed by atoms with Gasteiger partial charge in [-0.2, -0.15) is 0 Å². The highest BCUT2D eigenvalue weighted by molar-refractivity contribution is 5.36. The number of piperidine rings is 1. The van der Waals surface area contributed by atoms with E-state index in [0.29, 0.717) is 12.6 Å². The second-order valence-electron chi connectivity index (χ2n) is 8.72. The van der Waals surface area contributed by atoms with Gasteiger partial charge < -0.3 is 21.1 Å². The van der Waals surface area contributed by atoms with Gasteiger partial charge in [0.15, 0.2) is 0 Å². The highest BCUT2D eigenvalue weighted by Gasteiger charge is 2.30. The standard InChI is InChI=1S/C26H34N4O/c1-18-6-4-12-28-25(18)23-8-3-9-24(29-23)26-19(2)7-5-13-30(26)16-21-11-10-20(15-27)14-22(21)17-31/h4-7,10-12,14,23-24,29,31H,3,8-9,13,15-17,27H2,1-2H3. The summed E-state index contributed by atoms with van der Waals surface area (Å²) in [5.41, 5.74) is 14.1. The number of pyridine rings is 1. The van der Waals surface area contributed by atoms with Crippen LogP contribution in [0.1, 0.15) is 60.2 Å². The van der Waals surface area contributed by atoms with Crippen molar-refractivity contribution in [2.24, 2.45) is 5.73 Å². The quantitative estimate of drug-likeness (QED) is 0.664. The fourth-order valence-corrected chi connectivity index (χ4v) is 4.98. The van der Waals surface area contributed by atoms with Crippen LogP contribution in [0.3, 0.4) is 0 Å². The summed E-state index contributed by atoms with van der Waals surface area (Å²) in [5.74, 6) is 0. The van der Waals surface area contributed by atoms with Gasteiger partial charge in [-0.1, -0.05) is 36.4 Å². The number of aromatic nitrogens is 1. The van der Waals surface area contributed by atoms with Crippen LogP contribution in [0, 0.1) is 6.92 Å². The summed E-state index contributed by atoms with van der Waals surface area (Å²) >= 11 is 0. The van der Waals surface area contributed by atoms with Crippen LogP contribution in [0.15, 0.2) is 60.0 Å². The first-order valence-corrected chi connectivity index (χ1v) is 11.3. The van der Waals surface area contributed by atoms with Crippen LogP contribution in [0.2, 0.25) is 0 Å². The lowest BCUT2D eigenvalue weighted by Crippen LogP contribution is -2.45. The lowest BCUT2D eigenvalue weighted by Gasteiger charge is -2.40. The lowest BCUT2D eigenvalue weighted by atomic mass is 9.90. The van der Waals surface area contributed by atoms with E-state index in [9.17, 15) is 5.11 Å². The number of benzene rings is 1. The zero-order chi connectivity index (χ0) is 21.8. The van der Waals surface area contributed by atoms with Gasteiger partial charge >= 0.3 is 0 Å². The molecular formula is C26H34N4O. The number of nitrogens with zero attached hydrogens (tertiary/aromatic N) is 2. The molecular weight excluding hydrogens is 384 g/mol. The molecule has 4 N–H and O–H groups in total. The Morgan fingerprint density at radius 2 is 2.00 bits per heavy atom. The Balaban J connectivity index is 1.58. The molecule has 5 nitrogen and oxygen atoms in total. The van der Waals surface area contributed by atoms with E-state index < -0.39 is 0 Å². The van der Waals surface area contributed by atoms with E-state index in [2.05, 4.69) is 59.4 Å². The van der Waals surface area contributed by atoms with Crippen molar-refractivity contribution >= 4 is 0 Å². The average molecular weight is 419 g/mol. The van der Waals surface area contributed by atoms with Gasteiger partial charge in [0.25, 0.3) is 0 Å². The van der Waals surface area contributed by atoms with Gasteiger partial charge in [0.05, 0.1) is 18.3 Å². The molecule has 0 bridgehead atoms. The van der Waals surface area contributed by atoms with Crippen LogP contribution in [0.4, 0.5) is 0 Å². The molecule has 0 spiro atoms. The second-order valence-corrected chi connectivity index (χ2v) is 8.72. The molecule has 4 rings (SSSR count). The first kappa shape index (κ1) is 21.8. The zero-order valence-corrected chi connectivity index (χ0v) is 18.6. The Morgan fingerprint density at radius 3 is 2.77 bits per heavy atom. The molecule has 1 aromatic heterocycles. The largest absolute Gasteiger partial charge is 0.392 e. The molecule has 0 amide bonds. The lowest BCUT2D eigenvalue weighted by molar-refractivity contribution is 0.259. The van der Waals surface area contributed by atoms with Crippen molar-refractivity contribution in [2.75, 3.05) is 6.54 Å². The molecule has 0 radical (unpaired) electrons. The Bertz CT molecular complexity index is 981. The SMILES string of the molecule is CC1=C(C2CCCC(c3ncccc3C)N2)N(Cc2ccc(CN)cc2CO)CC=C1. The predicted molar refractivity (Wildman–Crippen MR) is 125 cm³/mol. The number of aliphatic hydroxyl groups excluding tert-OH is 1. The molecule has 1 aromatic carbocycles. The molecule has 31 heavy (non-hydrogen) atoms. The van der Waals surface area contributed by atoms with E-state index in [1.165, 1.54) is 28.9 Å². The summed E-state index contributed by atoms with van der Waals surface area (Å²) in [6.07, 6.45) is 9.79. The second kappa shape index (κ2) is 9.77. The molecule has 2 unspecified atom stereocenters. The van der Waals surface area contributed by atoms with Gasteiger partial charge in [-0.15, -0.1) is 0 Å². The smallest absolute Gasteiger partial charge is 0.0685 e. The summed E-state index contributed by atoms with van der Waals surface area (Å²) in [5, 5.41) is 13.8. The molecule has 0 saturated carbocycles. The highest BCUT2D eigenvalue weighted by Crippen LogP contribution is 2.33. The van der Waals surface area contributed by atoms with E-state index >= 15 is 0 Å². The fourth-order valence-electron chi connectivity index (χ4n) is 4.98.